The number of sulfonamides is 1. The molecule has 0 atom stereocenters. The molecule has 0 aliphatic heterocycles. The first-order valence-electron chi connectivity index (χ1n) is 5.79. The van der Waals surface area contributed by atoms with E-state index in [9.17, 15) is 8.42 Å². The molecule has 0 radical (unpaired) electrons. The highest BCUT2D eigenvalue weighted by atomic mass is 35.5. The zero-order valence-corrected chi connectivity index (χ0v) is 12.9. The fraction of sp³-hybridized carbons (Fsp3) is 0.0769. The van der Waals surface area contributed by atoms with Gasteiger partial charge in [-0.15, -0.1) is 11.3 Å². The minimum absolute atomic E-state index is 0.204. The number of nitrogens with one attached hydrogen (secondary N) is 1. The lowest BCUT2D eigenvalue weighted by atomic mass is 10.2. The fourth-order valence-electron chi connectivity index (χ4n) is 1.99. The zero-order valence-electron chi connectivity index (χ0n) is 10.5. The molecule has 2 aromatic heterocycles. The quantitative estimate of drug-likeness (QED) is 0.798. The molecule has 7 heteroatoms. The molecule has 4 nitrogen and oxygen atoms in total. The lowest BCUT2D eigenvalue weighted by molar-refractivity contribution is 0.603. The fourth-order valence-corrected chi connectivity index (χ4v) is 4.52. The molecule has 0 bridgehead atoms. The molecule has 0 saturated carbocycles. The summed E-state index contributed by atoms with van der Waals surface area (Å²) in [4.78, 5) is 0. The van der Waals surface area contributed by atoms with E-state index in [2.05, 4.69) is 4.72 Å². The van der Waals surface area contributed by atoms with Gasteiger partial charge in [-0.05, 0) is 36.4 Å². The van der Waals surface area contributed by atoms with E-state index in [1.807, 2.05) is 36.0 Å². The molecular weight excluding hydrogens is 316 g/mol. The van der Waals surface area contributed by atoms with E-state index in [0.29, 0.717) is 10.0 Å². The van der Waals surface area contributed by atoms with Gasteiger partial charge in [0.25, 0.3) is 10.0 Å². The Balaban J connectivity index is 1.96. The van der Waals surface area contributed by atoms with Crippen LogP contribution in [0.5, 0.6) is 0 Å². The Labute approximate surface area is 125 Å². The van der Waals surface area contributed by atoms with Crippen molar-refractivity contribution in [3.63, 3.8) is 0 Å². The number of nitrogens with zero attached hydrogens (tertiary/aromatic N) is 1. The number of fused-ring (bicyclic) bond motifs is 1. The molecule has 0 spiro atoms. The maximum atomic E-state index is 12.2. The van der Waals surface area contributed by atoms with Crippen molar-refractivity contribution < 1.29 is 8.42 Å². The van der Waals surface area contributed by atoms with Gasteiger partial charge in [-0.1, -0.05) is 11.6 Å². The summed E-state index contributed by atoms with van der Waals surface area (Å²) in [5, 5.41) is 0.983. The molecule has 3 rings (SSSR count). The van der Waals surface area contributed by atoms with Crippen LogP contribution in [0, 0.1) is 0 Å². The van der Waals surface area contributed by atoms with Crippen molar-refractivity contribution in [1.82, 2.24) is 4.57 Å². The van der Waals surface area contributed by atoms with Gasteiger partial charge in [0.05, 0.1) is 4.34 Å². The van der Waals surface area contributed by atoms with Crippen LogP contribution in [0.1, 0.15) is 0 Å². The molecule has 0 fully saturated rings. The van der Waals surface area contributed by atoms with Crippen LogP contribution < -0.4 is 4.72 Å². The minimum Gasteiger partial charge on any atom is -0.351 e. The highest BCUT2D eigenvalue weighted by Gasteiger charge is 2.16. The molecule has 0 aliphatic rings. The van der Waals surface area contributed by atoms with Gasteiger partial charge in [-0.3, -0.25) is 4.72 Å². The van der Waals surface area contributed by atoms with Crippen molar-refractivity contribution in [3.8, 4) is 0 Å². The van der Waals surface area contributed by atoms with Crippen molar-refractivity contribution in [2.24, 2.45) is 7.05 Å². The molecule has 104 valence electrons. The number of halogens is 1. The van der Waals surface area contributed by atoms with Gasteiger partial charge in [-0.25, -0.2) is 8.42 Å². The average molecular weight is 327 g/mol. The number of benzene rings is 1. The second-order valence-corrected chi connectivity index (χ2v) is 7.99. The summed E-state index contributed by atoms with van der Waals surface area (Å²) in [5.41, 5.74) is 1.58. The van der Waals surface area contributed by atoms with Gasteiger partial charge in [0, 0.05) is 29.8 Å². The highest BCUT2D eigenvalue weighted by molar-refractivity contribution is 7.94. The van der Waals surface area contributed by atoms with Gasteiger partial charge in [0.1, 0.15) is 4.21 Å². The number of hydrogen-bond acceptors (Lipinski definition) is 3. The zero-order chi connectivity index (χ0) is 14.3. The summed E-state index contributed by atoms with van der Waals surface area (Å²) in [6.07, 6.45) is 1.93. The maximum absolute atomic E-state index is 12.2. The maximum Gasteiger partial charge on any atom is 0.271 e. The topological polar surface area (TPSA) is 51.1 Å². The van der Waals surface area contributed by atoms with Crippen molar-refractivity contribution in [2.75, 3.05) is 4.72 Å². The Morgan fingerprint density at radius 2 is 2.00 bits per heavy atom. The predicted octanol–water partition coefficient (Wildman–Crippen LogP) is 3.69. The molecule has 2 heterocycles. The summed E-state index contributed by atoms with van der Waals surface area (Å²) in [7, 11) is -1.63. The third kappa shape index (κ3) is 2.42. The normalized spacial score (nSPS) is 11.9. The predicted molar refractivity (Wildman–Crippen MR) is 83.1 cm³/mol. The van der Waals surface area contributed by atoms with Crippen molar-refractivity contribution in [2.45, 2.75) is 4.21 Å². The molecular formula is C13H11ClN2O2S2. The number of hydrogen-bond donors (Lipinski definition) is 1. The second kappa shape index (κ2) is 4.80. The molecule has 0 unspecified atom stereocenters. The molecule has 3 aromatic rings. The van der Waals surface area contributed by atoms with Crippen LogP contribution in [0.4, 0.5) is 5.69 Å². The lowest BCUT2D eigenvalue weighted by Crippen LogP contribution is -2.11. The van der Waals surface area contributed by atoms with Crippen molar-refractivity contribution in [3.05, 3.63) is 46.9 Å². The standard InChI is InChI=1S/C13H11ClN2O2S2/c1-16-7-6-9-8-10(2-3-11(9)16)15-20(17,18)13-5-4-12(14)19-13/h2-8,15H,1H3. The number of rotatable bonds is 3. The molecule has 0 aliphatic carbocycles. The first-order chi connectivity index (χ1) is 9.45. The Morgan fingerprint density at radius 1 is 1.20 bits per heavy atom. The van der Waals surface area contributed by atoms with Crippen LogP contribution in [-0.2, 0) is 17.1 Å². The van der Waals surface area contributed by atoms with E-state index in [-0.39, 0.29) is 4.21 Å². The first-order valence-corrected chi connectivity index (χ1v) is 8.47. The second-order valence-electron chi connectivity index (χ2n) is 4.36. The van der Waals surface area contributed by atoms with Crippen LogP contribution in [0.3, 0.4) is 0 Å². The number of thiophene rings is 1. The number of anilines is 1. The molecule has 1 aromatic carbocycles. The SMILES string of the molecule is Cn1ccc2cc(NS(=O)(=O)c3ccc(Cl)s3)ccc21. The summed E-state index contributed by atoms with van der Waals surface area (Å²) >= 11 is 6.81. The Kier molecular flexibility index (Phi) is 3.24. The minimum atomic E-state index is -3.58. The Morgan fingerprint density at radius 3 is 2.70 bits per heavy atom. The van der Waals surface area contributed by atoms with Gasteiger partial charge < -0.3 is 4.57 Å². The van der Waals surface area contributed by atoms with Crippen LogP contribution in [0.2, 0.25) is 4.34 Å². The van der Waals surface area contributed by atoms with Gasteiger partial charge in [-0.2, -0.15) is 0 Å². The Hall–Kier alpha value is -1.50. The molecule has 0 saturated heterocycles. The third-order valence-corrected chi connectivity index (χ3v) is 6.06. The van der Waals surface area contributed by atoms with E-state index in [4.69, 9.17) is 11.6 Å². The lowest BCUT2D eigenvalue weighted by Gasteiger charge is -2.06. The molecule has 0 amide bonds. The highest BCUT2D eigenvalue weighted by Crippen LogP contribution is 2.28. The van der Waals surface area contributed by atoms with Gasteiger partial charge in [0.15, 0.2) is 0 Å². The summed E-state index contributed by atoms with van der Waals surface area (Å²) in [5.74, 6) is 0. The van der Waals surface area contributed by atoms with E-state index < -0.39 is 10.0 Å². The molecule has 20 heavy (non-hydrogen) atoms. The van der Waals surface area contributed by atoms with Crippen LogP contribution in [0.25, 0.3) is 10.9 Å². The van der Waals surface area contributed by atoms with E-state index in [0.717, 1.165) is 22.2 Å². The van der Waals surface area contributed by atoms with E-state index >= 15 is 0 Å². The monoisotopic (exact) mass is 326 g/mol. The van der Waals surface area contributed by atoms with Crippen LogP contribution >= 0.6 is 22.9 Å². The summed E-state index contributed by atoms with van der Waals surface area (Å²) in [6.45, 7) is 0. The average Bonchev–Trinajstić information content (AvgIpc) is 2.96. The van der Waals surface area contributed by atoms with Crippen molar-refractivity contribution in [1.29, 1.82) is 0 Å². The summed E-state index contributed by atoms with van der Waals surface area (Å²) < 4.78 is 29.6. The van der Waals surface area contributed by atoms with Gasteiger partial charge >= 0.3 is 0 Å². The smallest absolute Gasteiger partial charge is 0.271 e. The molecule has 1 N–H and O–H groups in total. The first kappa shape index (κ1) is 13.5. The third-order valence-electron chi connectivity index (χ3n) is 2.95. The van der Waals surface area contributed by atoms with Crippen molar-refractivity contribution >= 4 is 49.6 Å². The number of aryl methyl sites for hydroxylation is 1. The van der Waals surface area contributed by atoms with E-state index in [1.165, 1.54) is 6.07 Å². The largest absolute Gasteiger partial charge is 0.351 e. The summed E-state index contributed by atoms with van der Waals surface area (Å²) in [6, 6.07) is 10.4. The number of aromatic nitrogens is 1. The van der Waals surface area contributed by atoms with Crippen LogP contribution in [-0.4, -0.2) is 13.0 Å². The Bertz CT molecular complexity index is 881. The van der Waals surface area contributed by atoms with Gasteiger partial charge in [0.2, 0.25) is 0 Å². The van der Waals surface area contributed by atoms with E-state index in [1.54, 1.807) is 12.1 Å². The van der Waals surface area contributed by atoms with Crippen LogP contribution in [0.15, 0.2) is 46.8 Å².